The topological polar surface area (TPSA) is 50.3 Å². The fourth-order valence-corrected chi connectivity index (χ4v) is 5.61. The predicted molar refractivity (Wildman–Crippen MR) is 111 cm³/mol. The summed E-state index contributed by atoms with van der Waals surface area (Å²) in [5.41, 5.74) is 2.92. The first kappa shape index (κ1) is 18.1. The summed E-state index contributed by atoms with van der Waals surface area (Å²) >= 11 is 1.70. The third-order valence-corrected chi connectivity index (χ3v) is 7.44. The van der Waals surface area contributed by atoms with E-state index in [1.807, 2.05) is 60.7 Å². The Hall–Kier alpha value is -2.31. The number of nitrogens with zero attached hydrogens (tertiary/aromatic N) is 2. The number of aromatic nitrogens is 1. The first-order valence-corrected chi connectivity index (χ1v) is 11.5. The normalized spacial score (nSPS) is 16.1. The first-order valence-electron chi connectivity index (χ1n) is 8.79. The first-order chi connectivity index (χ1) is 13.1. The molecule has 1 fully saturated rings. The molecular weight excluding hydrogens is 376 g/mol. The maximum Gasteiger partial charge on any atom is 0.179 e. The molecule has 4 rings (SSSR count). The molecule has 0 spiro atoms. The van der Waals surface area contributed by atoms with Gasteiger partial charge in [-0.25, -0.2) is 8.42 Å². The van der Waals surface area contributed by atoms with Gasteiger partial charge in [0.15, 0.2) is 9.84 Å². The van der Waals surface area contributed by atoms with Crippen LogP contribution in [0.4, 0.5) is 11.4 Å². The quantitative estimate of drug-likeness (QED) is 0.557. The van der Waals surface area contributed by atoms with E-state index in [0.717, 1.165) is 22.8 Å². The summed E-state index contributed by atoms with van der Waals surface area (Å²) in [4.78, 5) is 6.95. The minimum atomic E-state index is -3.21. The lowest BCUT2D eigenvalue weighted by molar-refractivity contribution is 0.596. The average molecular weight is 397 g/mol. The van der Waals surface area contributed by atoms with E-state index in [-0.39, 0.29) is 11.0 Å². The van der Waals surface area contributed by atoms with Crippen molar-refractivity contribution in [3.8, 4) is 0 Å². The molecule has 1 saturated heterocycles. The van der Waals surface area contributed by atoms with E-state index in [0.29, 0.717) is 11.4 Å². The number of rotatable bonds is 7. The molecule has 3 aromatic rings. The fourth-order valence-electron chi connectivity index (χ4n) is 2.93. The maximum atomic E-state index is 12.5. The molecule has 1 aliphatic rings. The minimum absolute atomic E-state index is 0.230. The molecule has 0 saturated carbocycles. The van der Waals surface area contributed by atoms with Crippen molar-refractivity contribution in [2.24, 2.45) is 0 Å². The summed E-state index contributed by atoms with van der Waals surface area (Å²) in [5, 5.41) is 0.264. The number of anilines is 2. The van der Waals surface area contributed by atoms with Crippen molar-refractivity contribution >= 4 is 33.0 Å². The molecule has 0 radical (unpaired) electrons. The van der Waals surface area contributed by atoms with Crippen molar-refractivity contribution in [3.05, 3.63) is 84.7 Å². The summed E-state index contributed by atoms with van der Waals surface area (Å²) in [6, 6.07) is 23.1. The zero-order chi connectivity index (χ0) is 18.7. The Morgan fingerprint density at radius 3 is 2.22 bits per heavy atom. The molecular formula is C21H20N2O2S2. The molecule has 2 aromatic carbocycles. The summed E-state index contributed by atoms with van der Waals surface area (Å²) in [7, 11) is -3.21. The molecule has 0 aliphatic carbocycles. The van der Waals surface area contributed by atoms with Gasteiger partial charge < -0.3 is 4.90 Å². The molecule has 1 atom stereocenters. The van der Waals surface area contributed by atoms with Gasteiger partial charge in [-0.1, -0.05) is 24.3 Å². The van der Waals surface area contributed by atoms with Crippen LogP contribution in [-0.2, 0) is 16.4 Å². The second-order valence-corrected chi connectivity index (χ2v) is 9.84. The van der Waals surface area contributed by atoms with Crippen LogP contribution in [0.3, 0.4) is 0 Å². The van der Waals surface area contributed by atoms with Gasteiger partial charge in [0.25, 0.3) is 0 Å². The highest BCUT2D eigenvalue weighted by Gasteiger charge is 2.30. The van der Waals surface area contributed by atoms with Crippen molar-refractivity contribution in [2.75, 3.05) is 16.4 Å². The molecule has 2 heterocycles. The zero-order valence-electron chi connectivity index (χ0n) is 14.7. The molecule has 0 amide bonds. The minimum Gasteiger partial charge on any atom is -0.335 e. The van der Waals surface area contributed by atoms with Gasteiger partial charge in [0.1, 0.15) is 0 Å². The predicted octanol–water partition coefficient (Wildman–Crippen LogP) is 4.31. The average Bonchev–Trinajstić information content (AvgIpc) is 3.51. The molecule has 1 unspecified atom stereocenters. The third-order valence-electron chi connectivity index (χ3n) is 4.43. The van der Waals surface area contributed by atoms with Crippen molar-refractivity contribution in [1.82, 2.24) is 4.98 Å². The summed E-state index contributed by atoms with van der Waals surface area (Å²) in [6.07, 6.45) is 1.78. The largest absolute Gasteiger partial charge is 0.335 e. The van der Waals surface area contributed by atoms with Gasteiger partial charge in [0.2, 0.25) is 0 Å². The Kier molecular flexibility index (Phi) is 5.18. The van der Waals surface area contributed by atoms with E-state index in [4.69, 9.17) is 0 Å². The second kappa shape index (κ2) is 7.74. The lowest BCUT2D eigenvalue weighted by atomic mass is 10.2. The molecule has 0 bridgehead atoms. The van der Waals surface area contributed by atoms with Crippen molar-refractivity contribution in [3.63, 3.8) is 0 Å². The highest BCUT2D eigenvalue weighted by atomic mass is 32.2. The monoisotopic (exact) mass is 396 g/mol. The Morgan fingerprint density at radius 2 is 1.59 bits per heavy atom. The summed E-state index contributed by atoms with van der Waals surface area (Å²) < 4.78 is 25.0. The zero-order valence-corrected chi connectivity index (χ0v) is 16.4. The van der Waals surface area contributed by atoms with Crippen molar-refractivity contribution in [2.45, 2.75) is 16.7 Å². The molecule has 4 nitrogen and oxygen atoms in total. The number of sulfone groups is 1. The second-order valence-electron chi connectivity index (χ2n) is 6.47. The van der Waals surface area contributed by atoms with Crippen LogP contribution in [0.25, 0.3) is 0 Å². The number of pyridine rings is 1. The summed E-state index contributed by atoms with van der Waals surface area (Å²) in [6.45, 7) is 0.607. The Labute approximate surface area is 164 Å². The van der Waals surface area contributed by atoms with E-state index in [1.165, 1.54) is 0 Å². The Balaban J connectivity index is 1.63. The standard InChI is InChI=1S/C21H20N2O2S2/c24-27(25,16-20-15-26-20)21-11-9-19(10-12-21)23(18-7-2-1-3-8-18)14-17-6-4-5-13-22-17/h1-13,20H,14-16H2. The third kappa shape index (κ3) is 4.51. The number of benzene rings is 2. The SMILES string of the molecule is O=S(=O)(CC1CS1)c1ccc(N(Cc2ccccn2)c2ccccc2)cc1. The van der Waals surface area contributed by atoms with Crippen LogP contribution < -0.4 is 4.90 Å². The van der Waals surface area contributed by atoms with E-state index in [2.05, 4.69) is 9.88 Å². The highest BCUT2D eigenvalue weighted by Crippen LogP contribution is 2.33. The molecule has 1 aliphatic heterocycles. The Bertz CT molecular complexity index is 987. The van der Waals surface area contributed by atoms with Crippen LogP contribution in [0.2, 0.25) is 0 Å². The maximum absolute atomic E-state index is 12.5. The summed E-state index contributed by atoms with van der Waals surface area (Å²) in [5.74, 6) is 1.18. The van der Waals surface area contributed by atoms with Crippen LogP contribution >= 0.6 is 11.8 Å². The van der Waals surface area contributed by atoms with Gasteiger partial charge in [-0.3, -0.25) is 4.98 Å². The van der Waals surface area contributed by atoms with Crippen LogP contribution in [0.15, 0.2) is 83.9 Å². The van der Waals surface area contributed by atoms with Gasteiger partial charge in [0.05, 0.1) is 22.9 Å². The van der Waals surface area contributed by atoms with Crippen LogP contribution in [-0.4, -0.2) is 30.2 Å². The number of para-hydroxylation sites is 1. The van der Waals surface area contributed by atoms with E-state index in [9.17, 15) is 8.42 Å². The lowest BCUT2D eigenvalue weighted by Gasteiger charge is -2.25. The van der Waals surface area contributed by atoms with E-state index < -0.39 is 9.84 Å². The van der Waals surface area contributed by atoms with E-state index in [1.54, 1.807) is 30.1 Å². The van der Waals surface area contributed by atoms with Gasteiger partial charge in [-0.15, -0.1) is 0 Å². The molecule has 6 heteroatoms. The molecule has 0 N–H and O–H groups in total. The Morgan fingerprint density at radius 1 is 0.926 bits per heavy atom. The van der Waals surface area contributed by atoms with Crippen LogP contribution in [0.5, 0.6) is 0 Å². The number of hydrogen-bond donors (Lipinski definition) is 0. The van der Waals surface area contributed by atoms with Gasteiger partial charge in [-0.2, -0.15) is 11.8 Å². The molecule has 1 aromatic heterocycles. The fraction of sp³-hybridized carbons (Fsp3) is 0.190. The number of thioether (sulfide) groups is 1. The van der Waals surface area contributed by atoms with Crippen LogP contribution in [0.1, 0.15) is 5.69 Å². The number of hydrogen-bond acceptors (Lipinski definition) is 5. The van der Waals surface area contributed by atoms with Crippen LogP contribution in [0, 0.1) is 0 Å². The molecule has 138 valence electrons. The highest BCUT2D eigenvalue weighted by molar-refractivity contribution is 8.08. The van der Waals surface area contributed by atoms with Gasteiger partial charge in [-0.05, 0) is 48.5 Å². The smallest absolute Gasteiger partial charge is 0.179 e. The van der Waals surface area contributed by atoms with Gasteiger partial charge >= 0.3 is 0 Å². The van der Waals surface area contributed by atoms with Gasteiger partial charge in [0, 0.05) is 28.6 Å². The van der Waals surface area contributed by atoms with Crippen molar-refractivity contribution in [1.29, 1.82) is 0 Å². The molecule has 27 heavy (non-hydrogen) atoms. The lowest BCUT2D eigenvalue weighted by Crippen LogP contribution is -2.17. The van der Waals surface area contributed by atoms with Crippen molar-refractivity contribution < 1.29 is 8.42 Å². The van der Waals surface area contributed by atoms with E-state index >= 15 is 0 Å².